The van der Waals surface area contributed by atoms with Gasteiger partial charge in [0.25, 0.3) is 0 Å². The topological polar surface area (TPSA) is 65.1 Å². The van der Waals surface area contributed by atoms with Gasteiger partial charge in [0.15, 0.2) is 0 Å². The molecule has 0 fully saturated rings. The average molecular weight is 284 g/mol. The Bertz CT molecular complexity index is 811. The van der Waals surface area contributed by atoms with E-state index in [1.54, 1.807) is 0 Å². The van der Waals surface area contributed by atoms with Crippen molar-refractivity contribution >= 4 is 22.6 Å². The zero-order valence-electron chi connectivity index (χ0n) is 11.1. The van der Waals surface area contributed by atoms with Gasteiger partial charge in [-0.1, -0.05) is 18.2 Å². The molecule has 4 nitrogen and oxygen atoms in total. The van der Waals surface area contributed by atoms with Gasteiger partial charge in [-0.05, 0) is 35.2 Å². The third-order valence-corrected chi connectivity index (χ3v) is 3.36. The maximum absolute atomic E-state index is 13.7. The highest BCUT2D eigenvalue weighted by molar-refractivity contribution is 5.89. The Balaban J connectivity index is 1.86. The van der Waals surface area contributed by atoms with Gasteiger partial charge in [-0.3, -0.25) is 0 Å². The summed E-state index contributed by atoms with van der Waals surface area (Å²) in [7, 11) is 0. The second-order valence-electron chi connectivity index (χ2n) is 4.71. The lowest BCUT2D eigenvalue weighted by molar-refractivity contribution is 0.0697. The molecule has 0 atom stereocenters. The van der Waals surface area contributed by atoms with E-state index >= 15 is 0 Å². The molecular formula is C16H13FN2O2. The van der Waals surface area contributed by atoms with E-state index < -0.39 is 11.8 Å². The van der Waals surface area contributed by atoms with Crippen LogP contribution in [0.25, 0.3) is 10.9 Å². The molecule has 0 amide bonds. The van der Waals surface area contributed by atoms with Crippen LogP contribution in [-0.2, 0) is 6.54 Å². The number of hydrogen-bond acceptors (Lipinski definition) is 2. The highest BCUT2D eigenvalue weighted by atomic mass is 19.1. The molecule has 0 aliphatic rings. The summed E-state index contributed by atoms with van der Waals surface area (Å²) in [6.07, 6.45) is 1.85. The summed E-state index contributed by atoms with van der Waals surface area (Å²) in [6.45, 7) is 0.401. The van der Waals surface area contributed by atoms with E-state index in [-0.39, 0.29) is 11.3 Å². The fraction of sp³-hybridized carbons (Fsp3) is 0.0625. The quantitative estimate of drug-likeness (QED) is 0.685. The van der Waals surface area contributed by atoms with Crippen molar-refractivity contribution in [2.45, 2.75) is 6.54 Å². The molecule has 21 heavy (non-hydrogen) atoms. The predicted molar refractivity (Wildman–Crippen MR) is 79.0 cm³/mol. The van der Waals surface area contributed by atoms with E-state index in [2.05, 4.69) is 10.3 Å². The fourth-order valence-electron chi connectivity index (χ4n) is 2.28. The smallest absolute Gasteiger partial charge is 0.335 e. The molecular weight excluding hydrogens is 271 g/mol. The van der Waals surface area contributed by atoms with E-state index in [1.807, 2.05) is 30.5 Å². The molecule has 0 bridgehead atoms. The molecule has 1 heterocycles. The summed E-state index contributed by atoms with van der Waals surface area (Å²) in [5.74, 6) is -1.55. The minimum absolute atomic E-state index is 0.0528. The Morgan fingerprint density at radius 2 is 2.10 bits per heavy atom. The molecule has 0 aliphatic carbocycles. The molecule has 0 spiro atoms. The summed E-state index contributed by atoms with van der Waals surface area (Å²) in [5, 5.41) is 13.0. The van der Waals surface area contributed by atoms with Crippen molar-refractivity contribution in [1.82, 2.24) is 4.98 Å². The molecule has 3 N–H and O–H groups in total. The number of para-hydroxylation sites is 1. The Morgan fingerprint density at radius 3 is 2.90 bits per heavy atom. The van der Waals surface area contributed by atoms with Gasteiger partial charge in [0.1, 0.15) is 5.82 Å². The number of carboxylic acid groups (broad SMARTS) is 1. The van der Waals surface area contributed by atoms with E-state index in [0.717, 1.165) is 22.5 Å². The van der Waals surface area contributed by atoms with Gasteiger partial charge in [-0.15, -0.1) is 0 Å². The van der Waals surface area contributed by atoms with Crippen LogP contribution >= 0.6 is 0 Å². The zero-order chi connectivity index (χ0) is 14.8. The van der Waals surface area contributed by atoms with Gasteiger partial charge in [0, 0.05) is 12.7 Å². The minimum Gasteiger partial charge on any atom is -0.478 e. The normalized spacial score (nSPS) is 10.7. The number of carbonyl (C=O) groups is 1. The minimum atomic E-state index is -1.08. The molecule has 3 rings (SSSR count). The van der Waals surface area contributed by atoms with Crippen LogP contribution in [0.1, 0.15) is 15.9 Å². The lowest BCUT2D eigenvalue weighted by Gasteiger charge is -2.09. The van der Waals surface area contributed by atoms with Gasteiger partial charge >= 0.3 is 5.97 Å². The monoisotopic (exact) mass is 284 g/mol. The Kier molecular flexibility index (Phi) is 3.31. The SMILES string of the molecule is O=C(O)c1ccc(F)c(NCc2cccc3cc[nH]c23)c1. The first kappa shape index (κ1) is 13.2. The number of hydrogen-bond donors (Lipinski definition) is 3. The maximum Gasteiger partial charge on any atom is 0.335 e. The van der Waals surface area contributed by atoms with Gasteiger partial charge < -0.3 is 15.4 Å². The van der Waals surface area contributed by atoms with E-state index in [1.165, 1.54) is 12.1 Å². The number of fused-ring (bicyclic) bond motifs is 1. The largest absolute Gasteiger partial charge is 0.478 e. The summed E-state index contributed by atoms with van der Waals surface area (Å²) in [5.41, 5.74) is 2.20. The first-order chi connectivity index (χ1) is 10.1. The van der Waals surface area contributed by atoms with Gasteiger partial charge in [0.05, 0.1) is 16.8 Å². The fourth-order valence-corrected chi connectivity index (χ4v) is 2.28. The van der Waals surface area contributed by atoms with Crippen LogP contribution in [0, 0.1) is 5.82 Å². The number of aromatic nitrogens is 1. The number of nitrogens with one attached hydrogen (secondary N) is 2. The highest BCUT2D eigenvalue weighted by Crippen LogP contribution is 2.20. The summed E-state index contributed by atoms with van der Waals surface area (Å²) < 4.78 is 13.7. The Hall–Kier alpha value is -2.82. The van der Waals surface area contributed by atoms with E-state index in [0.29, 0.717) is 6.54 Å². The van der Waals surface area contributed by atoms with Gasteiger partial charge in [0.2, 0.25) is 0 Å². The van der Waals surface area contributed by atoms with Crippen molar-refractivity contribution in [3.05, 3.63) is 65.6 Å². The molecule has 1 aromatic heterocycles. The summed E-state index contributed by atoms with van der Waals surface area (Å²) in [6, 6.07) is 11.5. The van der Waals surface area contributed by atoms with Gasteiger partial charge in [-0.2, -0.15) is 0 Å². The zero-order valence-corrected chi connectivity index (χ0v) is 11.1. The summed E-state index contributed by atoms with van der Waals surface area (Å²) in [4.78, 5) is 14.1. The van der Waals surface area contributed by atoms with Crippen LogP contribution < -0.4 is 5.32 Å². The van der Waals surface area contributed by atoms with Crippen molar-refractivity contribution in [2.75, 3.05) is 5.32 Å². The number of halogens is 1. The van der Waals surface area contributed by atoms with Crippen molar-refractivity contribution in [3.8, 4) is 0 Å². The number of H-pyrrole nitrogens is 1. The van der Waals surface area contributed by atoms with E-state index in [4.69, 9.17) is 5.11 Å². The molecule has 5 heteroatoms. The first-order valence-corrected chi connectivity index (χ1v) is 6.47. The molecule has 0 radical (unpaired) electrons. The number of anilines is 1. The lowest BCUT2D eigenvalue weighted by atomic mass is 10.1. The van der Waals surface area contributed by atoms with Crippen molar-refractivity contribution in [2.24, 2.45) is 0 Å². The molecule has 0 unspecified atom stereocenters. The number of aromatic amines is 1. The third kappa shape index (κ3) is 2.58. The second-order valence-corrected chi connectivity index (χ2v) is 4.71. The Morgan fingerprint density at radius 1 is 1.24 bits per heavy atom. The molecule has 0 saturated heterocycles. The van der Waals surface area contributed by atoms with Crippen molar-refractivity contribution < 1.29 is 14.3 Å². The first-order valence-electron chi connectivity index (χ1n) is 6.47. The Labute approximate surface area is 120 Å². The van der Waals surface area contributed by atoms with Crippen molar-refractivity contribution in [3.63, 3.8) is 0 Å². The summed E-state index contributed by atoms with van der Waals surface area (Å²) >= 11 is 0. The van der Waals surface area contributed by atoms with Crippen LogP contribution in [0.4, 0.5) is 10.1 Å². The standard InChI is InChI=1S/C16H13FN2O2/c17-13-5-4-11(16(20)21)8-14(13)19-9-12-3-1-2-10-6-7-18-15(10)12/h1-8,18-19H,9H2,(H,20,21). The van der Waals surface area contributed by atoms with Crippen LogP contribution in [0.3, 0.4) is 0 Å². The number of aromatic carboxylic acids is 1. The van der Waals surface area contributed by atoms with E-state index in [9.17, 15) is 9.18 Å². The molecule has 0 aliphatic heterocycles. The van der Waals surface area contributed by atoms with Crippen LogP contribution in [0.2, 0.25) is 0 Å². The van der Waals surface area contributed by atoms with Crippen molar-refractivity contribution in [1.29, 1.82) is 0 Å². The maximum atomic E-state index is 13.7. The molecule has 2 aromatic carbocycles. The third-order valence-electron chi connectivity index (χ3n) is 3.36. The predicted octanol–water partition coefficient (Wildman–Crippen LogP) is 3.62. The number of carboxylic acids is 1. The molecule has 106 valence electrons. The second kappa shape index (κ2) is 5.28. The molecule has 3 aromatic rings. The van der Waals surface area contributed by atoms with Crippen LogP contribution in [0.15, 0.2) is 48.7 Å². The number of benzene rings is 2. The molecule has 0 saturated carbocycles. The highest BCUT2D eigenvalue weighted by Gasteiger charge is 2.09. The van der Waals surface area contributed by atoms with Gasteiger partial charge in [-0.25, -0.2) is 9.18 Å². The number of rotatable bonds is 4. The van der Waals surface area contributed by atoms with Crippen LogP contribution in [0.5, 0.6) is 0 Å². The van der Waals surface area contributed by atoms with Crippen LogP contribution in [-0.4, -0.2) is 16.1 Å². The average Bonchev–Trinajstić information content (AvgIpc) is 2.95. The lowest BCUT2D eigenvalue weighted by Crippen LogP contribution is -2.04.